The third-order valence-electron chi connectivity index (χ3n) is 19.5. The molecule has 470 valence electrons. The van der Waals surface area contributed by atoms with E-state index in [2.05, 4.69) is 398 Å². The van der Waals surface area contributed by atoms with Crippen LogP contribution in [0.25, 0.3) is 144 Å². The highest BCUT2D eigenvalue weighted by molar-refractivity contribution is 6.11. The summed E-state index contributed by atoms with van der Waals surface area (Å²) < 4.78 is 13.1. The number of para-hydroxylation sites is 1. The molecule has 18 rings (SSSR count). The van der Waals surface area contributed by atoms with Crippen molar-refractivity contribution in [1.29, 1.82) is 0 Å². The summed E-state index contributed by atoms with van der Waals surface area (Å²) in [6, 6.07) is 140. The molecular formula is C96H64N2O2. The average Bonchev–Trinajstić information content (AvgIpc) is 1.38. The minimum atomic E-state index is 0.845. The fourth-order valence-electron chi connectivity index (χ4n) is 14.3. The average molecular weight is 1280 g/mol. The molecule has 0 saturated carbocycles. The molecule has 0 fully saturated rings. The van der Waals surface area contributed by atoms with Crippen molar-refractivity contribution < 1.29 is 8.83 Å². The molecule has 2 heterocycles. The van der Waals surface area contributed by atoms with Crippen LogP contribution in [-0.4, -0.2) is 0 Å². The molecule has 0 bridgehead atoms. The van der Waals surface area contributed by atoms with Crippen LogP contribution < -0.4 is 9.80 Å². The van der Waals surface area contributed by atoms with Gasteiger partial charge in [0.15, 0.2) is 0 Å². The molecule has 0 N–H and O–H groups in total. The molecule has 4 heteroatoms. The first-order valence-corrected chi connectivity index (χ1v) is 34.1. The van der Waals surface area contributed by atoms with Gasteiger partial charge in [0.1, 0.15) is 22.3 Å². The van der Waals surface area contributed by atoms with Crippen LogP contribution in [0.15, 0.2) is 397 Å². The monoisotopic (exact) mass is 1280 g/mol. The van der Waals surface area contributed by atoms with Crippen LogP contribution in [0, 0.1) is 0 Å². The summed E-state index contributed by atoms with van der Waals surface area (Å²) in [5.41, 5.74) is 30.7. The molecule has 0 amide bonds. The molecule has 18 aromatic rings. The Morgan fingerprint density at radius 1 is 0.140 bits per heavy atom. The molecule has 0 saturated heterocycles. The molecule has 0 aliphatic heterocycles. The Bertz CT molecular complexity index is 5850. The topological polar surface area (TPSA) is 32.8 Å². The summed E-state index contributed by atoms with van der Waals surface area (Å²) in [4.78, 5) is 4.66. The van der Waals surface area contributed by atoms with E-state index < -0.39 is 0 Å². The third kappa shape index (κ3) is 11.5. The summed E-state index contributed by atoms with van der Waals surface area (Å²) in [5.74, 6) is 0. The molecular weight excluding hydrogens is 1210 g/mol. The molecule has 0 unspecified atom stereocenters. The molecule has 0 atom stereocenters. The highest BCUT2D eigenvalue weighted by atomic mass is 16.3. The fraction of sp³-hybridized carbons (Fsp3) is 0. The maximum atomic E-state index is 6.81. The highest BCUT2D eigenvalue weighted by Gasteiger charge is 2.20. The number of nitrogens with zero attached hydrogens (tertiary/aromatic N) is 2. The second kappa shape index (κ2) is 25.7. The lowest BCUT2D eigenvalue weighted by molar-refractivity contribution is 0.668. The maximum absolute atomic E-state index is 6.81. The summed E-state index contributed by atoms with van der Waals surface area (Å²) >= 11 is 0. The highest BCUT2D eigenvalue weighted by Crippen LogP contribution is 2.45. The van der Waals surface area contributed by atoms with Crippen LogP contribution in [0.2, 0.25) is 0 Å². The van der Waals surface area contributed by atoms with Gasteiger partial charge in [0.25, 0.3) is 0 Å². The molecule has 0 aliphatic rings. The van der Waals surface area contributed by atoms with Crippen LogP contribution in [0.4, 0.5) is 34.1 Å². The van der Waals surface area contributed by atoms with Gasteiger partial charge in [-0.2, -0.15) is 0 Å². The lowest BCUT2D eigenvalue weighted by Crippen LogP contribution is -2.09. The van der Waals surface area contributed by atoms with Gasteiger partial charge in [0.05, 0.1) is 0 Å². The predicted molar refractivity (Wildman–Crippen MR) is 419 cm³/mol. The van der Waals surface area contributed by atoms with E-state index in [-0.39, 0.29) is 0 Å². The first kappa shape index (κ1) is 59.2. The van der Waals surface area contributed by atoms with Crippen molar-refractivity contribution in [2.24, 2.45) is 0 Å². The molecule has 4 nitrogen and oxygen atoms in total. The smallest absolute Gasteiger partial charge is 0.136 e. The third-order valence-corrected chi connectivity index (χ3v) is 19.5. The molecule has 0 radical (unpaired) electrons. The van der Waals surface area contributed by atoms with E-state index >= 15 is 0 Å². The standard InChI is InChI=1S/C96H64N2O2/c1-6-17-65(18-7-1)69-33-46-84(47-34-69)98(85-48-35-70(36-49-85)66-19-8-2-9-20-66)86-54-41-74(42-55-86)79-45-58-95-91(62-79)92-63-87(75-23-12-4-13-24-75)88(64-96(92)100-95)80-26-16-25-76(59-80)73-39-52-83(53-40-73)97(81-27-14-5-15-28-81)82-50-37-71(38-51-82)68-29-31-72(32-30-68)78-44-57-94-90(61-78)89-60-77(43-56-93(89)99-94)67-21-10-3-11-22-67/h1-64H. The van der Waals surface area contributed by atoms with E-state index in [0.717, 1.165) is 145 Å². The number of hydrogen-bond acceptors (Lipinski definition) is 4. The first-order valence-electron chi connectivity index (χ1n) is 34.1. The van der Waals surface area contributed by atoms with E-state index in [4.69, 9.17) is 8.83 Å². The van der Waals surface area contributed by atoms with Crippen molar-refractivity contribution in [3.63, 3.8) is 0 Å². The maximum Gasteiger partial charge on any atom is 0.136 e. The van der Waals surface area contributed by atoms with Crippen LogP contribution in [0.3, 0.4) is 0 Å². The quantitative estimate of drug-likeness (QED) is 0.102. The number of anilines is 6. The summed E-state index contributed by atoms with van der Waals surface area (Å²) in [6.07, 6.45) is 0. The molecule has 0 aliphatic carbocycles. The van der Waals surface area contributed by atoms with Gasteiger partial charge in [0.2, 0.25) is 0 Å². The minimum absolute atomic E-state index is 0.845. The second-order valence-electron chi connectivity index (χ2n) is 25.6. The zero-order chi connectivity index (χ0) is 66.3. The lowest BCUT2D eigenvalue weighted by Gasteiger charge is -2.26. The van der Waals surface area contributed by atoms with Gasteiger partial charge in [-0.3, -0.25) is 0 Å². The Hall–Kier alpha value is -13.3. The zero-order valence-electron chi connectivity index (χ0n) is 54.7. The minimum Gasteiger partial charge on any atom is -0.456 e. The van der Waals surface area contributed by atoms with Gasteiger partial charge in [-0.15, -0.1) is 0 Å². The number of rotatable bonds is 15. The number of fused-ring (bicyclic) bond motifs is 6. The van der Waals surface area contributed by atoms with Crippen molar-refractivity contribution in [2.45, 2.75) is 0 Å². The van der Waals surface area contributed by atoms with Crippen molar-refractivity contribution in [3.05, 3.63) is 388 Å². The molecule has 2 aromatic heterocycles. The van der Waals surface area contributed by atoms with E-state index in [1.165, 1.54) is 33.4 Å². The van der Waals surface area contributed by atoms with Crippen LogP contribution >= 0.6 is 0 Å². The summed E-state index contributed by atoms with van der Waals surface area (Å²) in [5, 5.41) is 4.39. The van der Waals surface area contributed by atoms with E-state index in [1.807, 2.05) is 0 Å². The Balaban J connectivity index is 0.617. The largest absolute Gasteiger partial charge is 0.456 e. The van der Waals surface area contributed by atoms with E-state index in [9.17, 15) is 0 Å². The SMILES string of the molecule is c1ccc(-c2ccc(N(c3ccc(-c4ccccc4)cc3)c3ccc(-c4ccc5oc6cc(-c7cccc(-c8ccc(N(c9ccccc9)c9ccc(-c%10ccc(-c%11ccc%12oc%13ccc(-c%14ccccc%14)cc%13c%12c%11)cc%10)cc9)cc8)c7)c(-c7ccccc7)cc6c5c4)cc3)cc2)cc1. The van der Waals surface area contributed by atoms with Gasteiger partial charge < -0.3 is 18.6 Å². The van der Waals surface area contributed by atoms with E-state index in [0.29, 0.717) is 0 Å². The molecule has 100 heavy (non-hydrogen) atoms. The van der Waals surface area contributed by atoms with Crippen molar-refractivity contribution in [3.8, 4) is 100 Å². The Labute approximate surface area is 581 Å². The van der Waals surface area contributed by atoms with Crippen molar-refractivity contribution in [2.75, 3.05) is 9.80 Å². The van der Waals surface area contributed by atoms with Crippen LogP contribution in [-0.2, 0) is 0 Å². The number of benzene rings is 16. The zero-order valence-corrected chi connectivity index (χ0v) is 54.7. The van der Waals surface area contributed by atoms with Crippen molar-refractivity contribution >= 4 is 78.0 Å². The number of furan rings is 2. The fourth-order valence-corrected chi connectivity index (χ4v) is 14.3. The lowest BCUT2D eigenvalue weighted by atomic mass is 9.91. The Morgan fingerprint density at radius 3 is 0.740 bits per heavy atom. The van der Waals surface area contributed by atoms with Crippen molar-refractivity contribution in [1.82, 2.24) is 0 Å². The summed E-state index contributed by atoms with van der Waals surface area (Å²) in [6.45, 7) is 0. The number of hydrogen-bond donors (Lipinski definition) is 0. The Kier molecular flexibility index (Phi) is 15.2. The predicted octanol–water partition coefficient (Wildman–Crippen LogP) is 27.4. The van der Waals surface area contributed by atoms with Crippen LogP contribution in [0.1, 0.15) is 0 Å². The summed E-state index contributed by atoms with van der Waals surface area (Å²) in [7, 11) is 0. The Morgan fingerprint density at radius 2 is 0.370 bits per heavy atom. The van der Waals surface area contributed by atoms with Gasteiger partial charge >= 0.3 is 0 Å². The first-order chi connectivity index (χ1) is 49.5. The van der Waals surface area contributed by atoms with Gasteiger partial charge in [-0.25, -0.2) is 0 Å². The van der Waals surface area contributed by atoms with E-state index in [1.54, 1.807) is 0 Å². The van der Waals surface area contributed by atoms with Gasteiger partial charge in [0, 0.05) is 55.7 Å². The van der Waals surface area contributed by atoms with Crippen LogP contribution in [0.5, 0.6) is 0 Å². The van der Waals surface area contributed by atoms with Gasteiger partial charge in [-0.05, 0) is 228 Å². The second-order valence-corrected chi connectivity index (χ2v) is 25.6. The molecule has 16 aromatic carbocycles. The van der Waals surface area contributed by atoms with Gasteiger partial charge in [-0.1, -0.05) is 261 Å². The normalized spacial score (nSPS) is 11.4. The molecule has 0 spiro atoms.